The second-order valence-corrected chi connectivity index (χ2v) is 5.28. The number of rotatable bonds is 4. The molecule has 106 valence electrons. The summed E-state index contributed by atoms with van der Waals surface area (Å²) in [4.78, 5) is 24.6. The Morgan fingerprint density at radius 1 is 1.15 bits per heavy atom. The zero-order chi connectivity index (χ0) is 14.7. The zero-order valence-electron chi connectivity index (χ0n) is 11.7. The Bertz CT molecular complexity index is 734. The second kappa shape index (κ2) is 6.00. The van der Waals surface area contributed by atoms with Crippen molar-refractivity contribution in [1.29, 1.82) is 0 Å². The standard InChI is InChI=1S/C14H17N3O2S/c1-16-10(8-13(18)17(2)14(16)19)9-15-11-6-4-5-7-12(11)20-3/h4-8,15H,9H2,1-3H3. The van der Waals surface area contributed by atoms with Crippen molar-refractivity contribution in [2.45, 2.75) is 11.4 Å². The van der Waals surface area contributed by atoms with Gasteiger partial charge in [-0.05, 0) is 18.4 Å². The van der Waals surface area contributed by atoms with E-state index in [9.17, 15) is 9.59 Å². The molecule has 20 heavy (non-hydrogen) atoms. The molecular weight excluding hydrogens is 274 g/mol. The number of thioether (sulfide) groups is 1. The first-order chi connectivity index (χ1) is 9.54. The number of para-hydroxylation sites is 1. The number of hydrogen-bond donors (Lipinski definition) is 1. The third-order valence-corrected chi connectivity index (χ3v) is 3.99. The number of nitrogens with one attached hydrogen (secondary N) is 1. The number of anilines is 1. The van der Waals surface area contributed by atoms with Gasteiger partial charge in [-0.1, -0.05) is 12.1 Å². The molecule has 0 radical (unpaired) electrons. The van der Waals surface area contributed by atoms with Crippen LogP contribution in [0, 0.1) is 0 Å². The molecule has 1 heterocycles. The Labute approximate surface area is 121 Å². The molecule has 0 fully saturated rings. The first-order valence-electron chi connectivity index (χ1n) is 6.17. The van der Waals surface area contributed by atoms with Crippen molar-refractivity contribution in [1.82, 2.24) is 9.13 Å². The molecule has 5 nitrogen and oxygen atoms in total. The Morgan fingerprint density at radius 2 is 1.85 bits per heavy atom. The largest absolute Gasteiger partial charge is 0.379 e. The van der Waals surface area contributed by atoms with Crippen LogP contribution in [0.3, 0.4) is 0 Å². The SMILES string of the molecule is CSc1ccccc1NCc1cc(=O)n(C)c(=O)n1C. The van der Waals surface area contributed by atoms with Crippen LogP contribution >= 0.6 is 11.8 Å². The summed E-state index contributed by atoms with van der Waals surface area (Å²) in [6.07, 6.45) is 2.01. The minimum atomic E-state index is -0.313. The van der Waals surface area contributed by atoms with Gasteiger partial charge in [0.25, 0.3) is 5.56 Å². The van der Waals surface area contributed by atoms with Crippen LogP contribution in [0.25, 0.3) is 0 Å². The quantitative estimate of drug-likeness (QED) is 0.866. The molecule has 0 saturated carbocycles. The van der Waals surface area contributed by atoms with E-state index in [0.717, 1.165) is 15.1 Å². The summed E-state index contributed by atoms with van der Waals surface area (Å²) in [5.74, 6) is 0. The molecule has 2 aromatic rings. The maximum Gasteiger partial charge on any atom is 0.330 e. The van der Waals surface area contributed by atoms with Gasteiger partial charge in [0.15, 0.2) is 0 Å². The summed E-state index contributed by atoms with van der Waals surface area (Å²) in [6, 6.07) is 9.41. The van der Waals surface area contributed by atoms with Gasteiger partial charge in [-0.25, -0.2) is 4.79 Å². The maximum atomic E-state index is 11.8. The van der Waals surface area contributed by atoms with E-state index in [2.05, 4.69) is 5.32 Å². The van der Waals surface area contributed by atoms with Crippen LogP contribution in [0.2, 0.25) is 0 Å². The molecule has 0 atom stereocenters. The summed E-state index contributed by atoms with van der Waals surface area (Å²) in [5.41, 5.74) is 1.05. The van der Waals surface area contributed by atoms with Crippen LogP contribution in [0.15, 0.2) is 44.8 Å². The third kappa shape index (κ3) is 2.80. The molecule has 2 rings (SSSR count). The van der Waals surface area contributed by atoms with Crippen molar-refractivity contribution in [3.8, 4) is 0 Å². The molecule has 1 aromatic heterocycles. The molecule has 0 unspecified atom stereocenters. The van der Waals surface area contributed by atoms with E-state index in [0.29, 0.717) is 12.2 Å². The van der Waals surface area contributed by atoms with Crippen molar-refractivity contribution in [2.75, 3.05) is 11.6 Å². The van der Waals surface area contributed by atoms with Crippen LogP contribution in [0.5, 0.6) is 0 Å². The predicted molar refractivity (Wildman–Crippen MR) is 82.5 cm³/mol. The highest BCUT2D eigenvalue weighted by molar-refractivity contribution is 7.98. The van der Waals surface area contributed by atoms with E-state index < -0.39 is 0 Å². The number of aromatic nitrogens is 2. The van der Waals surface area contributed by atoms with Crippen LogP contribution in [-0.2, 0) is 20.6 Å². The van der Waals surface area contributed by atoms with E-state index in [-0.39, 0.29) is 11.2 Å². The third-order valence-electron chi connectivity index (χ3n) is 3.19. The van der Waals surface area contributed by atoms with Gasteiger partial charge in [-0.15, -0.1) is 11.8 Å². The van der Waals surface area contributed by atoms with Crippen molar-refractivity contribution in [3.63, 3.8) is 0 Å². The summed E-state index contributed by atoms with van der Waals surface area (Å²) < 4.78 is 2.58. The Hall–Kier alpha value is -1.95. The van der Waals surface area contributed by atoms with Gasteiger partial charge in [0.1, 0.15) is 0 Å². The monoisotopic (exact) mass is 291 g/mol. The van der Waals surface area contributed by atoms with Crippen molar-refractivity contribution < 1.29 is 0 Å². The van der Waals surface area contributed by atoms with Gasteiger partial charge in [-0.3, -0.25) is 13.9 Å². The summed E-state index contributed by atoms with van der Waals surface area (Å²) >= 11 is 1.65. The predicted octanol–water partition coefficient (Wildman–Crippen LogP) is 1.42. The second-order valence-electron chi connectivity index (χ2n) is 4.43. The van der Waals surface area contributed by atoms with Crippen LogP contribution in [0.1, 0.15) is 5.69 Å². The smallest absolute Gasteiger partial charge is 0.330 e. The lowest BCUT2D eigenvalue weighted by molar-refractivity contribution is 0.655. The highest BCUT2D eigenvalue weighted by Gasteiger charge is 2.06. The fraction of sp³-hybridized carbons (Fsp3) is 0.286. The van der Waals surface area contributed by atoms with Crippen molar-refractivity contribution in [2.24, 2.45) is 14.1 Å². The lowest BCUT2D eigenvalue weighted by atomic mass is 10.3. The highest BCUT2D eigenvalue weighted by Crippen LogP contribution is 2.24. The summed E-state index contributed by atoms with van der Waals surface area (Å²) in [6.45, 7) is 0.430. The van der Waals surface area contributed by atoms with E-state index in [1.165, 1.54) is 17.7 Å². The normalized spacial score (nSPS) is 10.6. The van der Waals surface area contributed by atoms with Gasteiger partial charge < -0.3 is 5.32 Å². The molecule has 1 N–H and O–H groups in total. The van der Waals surface area contributed by atoms with E-state index in [1.807, 2.05) is 30.5 Å². The first-order valence-corrected chi connectivity index (χ1v) is 7.40. The van der Waals surface area contributed by atoms with Gasteiger partial charge >= 0.3 is 5.69 Å². The Kier molecular flexibility index (Phi) is 4.34. The zero-order valence-corrected chi connectivity index (χ0v) is 12.5. The minimum Gasteiger partial charge on any atom is -0.379 e. The summed E-state index contributed by atoms with van der Waals surface area (Å²) in [7, 11) is 3.14. The molecule has 0 spiro atoms. The van der Waals surface area contributed by atoms with Gasteiger partial charge in [-0.2, -0.15) is 0 Å². The number of nitrogens with zero attached hydrogens (tertiary/aromatic N) is 2. The lowest BCUT2D eigenvalue weighted by Crippen LogP contribution is -2.38. The van der Waals surface area contributed by atoms with E-state index in [1.54, 1.807) is 18.8 Å². The maximum absolute atomic E-state index is 11.8. The minimum absolute atomic E-state index is 0.289. The van der Waals surface area contributed by atoms with Crippen LogP contribution in [0.4, 0.5) is 5.69 Å². The summed E-state index contributed by atoms with van der Waals surface area (Å²) in [5, 5.41) is 3.27. The molecule has 0 amide bonds. The average molecular weight is 291 g/mol. The molecule has 0 bridgehead atoms. The fourth-order valence-electron chi connectivity index (χ4n) is 1.92. The molecule has 0 aliphatic rings. The molecule has 0 aliphatic heterocycles. The topological polar surface area (TPSA) is 56.0 Å². The first kappa shape index (κ1) is 14.5. The van der Waals surface area contributed by atoms with Gasteiger partial charge in [0, 0.05) is 36.4 Å². The van der Waals surface area contributed by atoms with Gasteiger partial charge in [0.2, 0.25) is 0 Å². The highest BCUT2D eigenvalue weighted by atomic mass is 32.2. The van der Waals surface area contributed by atoms with Crippen LogP contribution < -0.4 is 16.6 Å². The van der Waals surface area contributed by atoms with E-state index >= 15 is 0 Å². The van der Waals surface area contributed by atoms with E-state index in [4.69, 9.17) is 0 Å². The van der Waals surface area contributed by atoms with Gasteiger partial charge in [0.05, 0.1) is 6.54 Å². The van der Waals surface area contributed by atoms with Crippen LogP contribution in [-0.4, -0.2) is 15.4 Å². The number of benzene rings is 1. The Morgan fingerprint density at radius 3 is 2.55 bits per heavy atom. The molecule has 6 heteroatoms. The van der Waals surface area contributed by atoms with Crippen molar-refractivity contribution in [3.05, 3.63) is 56.9 Å². The number of hydrogen-bond acceptors (Lipinski definition) is 4. The molecular formula is C14H17N3O2S. The Balaban J connectivity index is 2.28. The molecule has 0 saturated heterocycles. The molecule has 1 aromatic carbocycles. The lowest BCUT2D eigenvalue weighted by Gasteiger charge is -2.13. The van der Waals surface area contributed by atoms with Crippen molar-refractivity contribution >= 4 is 17.4 Å². The fourth-order valence-corrected chi connectivity index (χ4v) is 2.50. The average Bonchev–Trinajstić information content (AvgIpc) is 2.47. The molecule has 0 aliphatic carbocycles.